The second-order valence-corrected chi connectivity index (χ2v) is 14.8. The van der Waals surface area contributed by atoms with Gasteiger partial charge in [0.25, 0.3) is 0 Å². The van der Waals surface area contributed by atoms with E-state index in [0.717, 1.165) is 25.7 Å². The zero-order chi connectivity index (χ0) is 18.2. The summed E-state index contributed by atoms with van der Waals surface area (Å²) in [5, 5.41) is 17.6. The number of aliphatic hydroxyl groups excluding tert-OH is 1. The number of unbranched alkanes of at least 4 members (excludes halogenated alkanes) is 5. The van der Waals surface area contributed by atoms with Gasteiger partial charge in [0.05, 0.1) is 0 Å². The molecule has 0 aliphatic rings. The minimum Gasteiger partial charge on any atom is -0.153 e. The first-order valence-corrected chi connectivity index (χ1v) is 16.3. The standard InChI is InChI=1S/C4H10O.C4H9O.3C4H9.H3P.Sn/c2*1-2-3-4-5;3*1-3-4-2;;/h5H,2-4H2,1H3;2-4H2,1H3;3*1,3-4H2,2H3;1H3;/q;-1;;;;;+1. The zero-order valence-corrected chi connectivity index (χ0v) is 21.9. The number of rotatable bonds is 13. The predicted molar refractivity (Wildman–Crippen MR) is 118 cm³/mol. The van der Waals surface area contributed by atoms with Crippen LogP contribution in [0.15, 0.2) is 0 Å². The molecule has 0 saturated carbocycles. The van der Waals surface area contributed by atoms with Gasteiger partial charge >= 0.3 is 92.4 Å². The van der Waals surface area contributed by atoms with Crippen molar-refractivity contribution in [3.63, 3.8) is 0 Å². The Morgan fingerprint density at radius 3 is 1.08 bits per heavy atom. The maximum atomic E-state index is 9.53. The summed E-state index contributed by atoms with van der Waals surface area (Å²) in [4.78, 5) is 0. The molecule has 150 valence electrons. The summed E-state index contributed by atoms with van der Waals surface area (Å²) in [6, 6.07) is 0. The second kappa shape index (κ2) is 35.3. The molecular formula is C20H49O2PSn. The monoisotopic (exact) mass is 472 g/mol. The van der Waals surface area contributed by atoms with Crippen molar-refractivity contribution in [2.45, 2.75) is 112 Å². The molecular weight excluding hydrogens is 422 g/mol. The van der Waals surface area contributed by atoms with Gasteiger partial charge in [-0.25, -0.2) is 0 Å². The van der Waals surface area contributed by atoms with Crippen LogP contribution < -0.4 is 5.11 Å². The van der Waals surface area contributed by atoms with E-state index < -0.39 is 19.8 Å². The van der Waals surface area contributed by atoms with E-state index in [0.29, 0.717) is 6.61 Å². The molecule has 0 aromatic rings. The fourth-order valence-electron chi connectivity index (χ4n) is 1.96. The quantitative estimate of drug-likeness (QED) is 0.270. The summed E-state index contributed by atoms with van der Waals surface area (Å²) >= 11 is -0.839. The molecule has 24 heavy (non-hydrogen) atoms. The number of aliphatic hydroxyl groups is 1. The maximum absolute atomic E-state index is 9.53. The van der Waals surface area contributed by atoms with E-state index in [-0.39, 0.29) is 16.5 Å². The van der Waals surface area contributed by atoms with Crippen molar-refractivity contribution < 1.29 is 10.2 Å². The second-order valence-electron chi connectivity index (χ2n) is 6.20. The van der Waals surface area contributed by atoms with Crippen molar-refractivity contribution in [2.75, 3.05) is 13.2 Å². The molecule has 0 spiro atoms. The van der Waals surface area contributed by atoms with Gasteiger partial charge in [-0.05, 0) is 6.42 Å². The maximum Gasteiger partial charge on any atom is -0.153 e. The van der Waals surface area contributed by atoms with Gasteiger partial charge < -0.3 is 10.2 Å². The zero-order valence-electron chi connectivity index (χ0n) is 17.7. The molecule has 0 bridgehead atoms. The van der Waals surface area contributed by atoms with Crippen LogP contribution in [0.5, 0.6) is 0 Å². The van der Waals surface area contributed by atoms with Crippen molar-refractivity contribution in [2.24, 2.45) is 0 Å². The van der Waals surface area contributed by atoms with E-state index in [1.54, 1.807) is 13.3 Å². The van der Waals surface area contributed by atoms with Gasteiger partial charge in [0.1, 0.15) is 0 Å². The average Bonchev–Trinajstić information content (AvgIpc) is 2.57. The van der Waals surface area contributed by atoms with Gasteiger partial charge in [-0.15, -0.1) is 6.61 Å². The third-order valence-electron chi connectivity index (χ3n) is 3.66. The van der Waals surface area contributed by atoms with E-state index in [9.17, 15) is 5.11 Å². The first-order valence-electron chi connectivity index (χ1n) is 10.2. The summed E-state index contributed by atoms with van der Waals surface area (Å²) in [6.07, 6.45) is 12.7. The molecule has 0 fully saturated rings. The summed E-state index contributed by atoms with van der Waals surface area (Å²) < 4.78 is 5.04. The van der Waals surface area contributed by atoms with Crippen molar-refractivity contribution in [1.29, 1.82) is 0 Å². The van der Waals surface area contributed by atoms with Crippen molar-refractivity contribution in [3.8, 4) is 0 Å². The first kappa shape index (κ1) is 32.8. The number of hydrogen-bond acceptors (Lipinski definition) is 2. The Labute approximate surface area is 165 Å². The van der Waals surface area contributed by atoms with E-state index in [1.165, 1.54) is 38.5 Å². The summed E-state index contributed by atoms with van der Waals surface area (Å²) in [6.45, 7) is 11.5. The van der Waals surface area contributed by atoms with Gasteiger partial charge in [-0.3, -0.25) is 0 Å². The minimum atomic E-state index is -0.839. The first-order chi connectivity index (χ1) is 11.2. The van der Waals surface area contributed by atoms with Gasteiger partial charge in [-0.1, -0.05) is 33.1 Å². The normalized spacial score (nSPS) is 9.12. The number of hydrogen-bond donors (Lipinski definition) is 1. The topological polar surface area (TPSA) is 43.3 Å². The Hall–Kier alpha value is 1.15. The molecule has 0 rings (SSSR count). The largest absolute Gasteiger partial charge is 0.153 e. The average molecular weight is 471 g/mol. The van der Waals surface area contributed by atoms with E-state index >= 15 is 0 Å². The molecule has 1 unspecified atom stereocenters. The molecule has 0 aromatic carbocycles. The van der Waals surface area contributed by atoms with Crippen LogP contribution in [0.4, 0.5) is 0 Å². The van der Waals surface area contributed by atoms with Crippen LogP contribution in [0.2, 0.25) is 13.3 Å². The molecule has 0 radical (unpaired) electrons. The van der Waals surface area contributed by atoms with Crippen LogP contribution in [0.25, 0.3) is 0 Å². The van der Waals surface area contributed by atoms with Gasteiger partial charge in [0.15, 0.2) is 0 Å². The van der Waals surface area contributed by atoms with Crippen LogP contribution in [0.3, 0.4) is 0 Å². The Kier molecular flexibility index (Phi) is 48.2. The molecule has 2 nitrogen and oxygen atoms in total. The van der Waals surface area contributed by atoms with E-state index in [2.05, 4.69) is 27.7 Å². The fraction of sp³-hybridized carbons (Fsp3) is 1.00. The van der Waals surface area contributed by atoms with Crippen molar-refractivity contribution >= 4 is 29.7 Å². The molecule has 0 saturated heterocycles. The molecule has 0 amide bonds. The van der Waals surface area contributed by atoms with Crippen molar-refractivity contribution in [1.82, 2.24) is 0 Å². The molecule has 1 atom stereocenters. The smallest absolute Gasteiger partial charge is 0.153 e. The Balaban J connectivity index is -0.000000151. The third kappa shape index (κ3) is 38.6. The van der Waals surface area contributed by atoms with E-state index in [1.807, 2.05) is 6.92 Å². The Morgan fingerprint density at radius 2 is 0.958 bits per heavy atom. The SMILES string of the molecule is CCCCO.CCCC[O-].CCC[CH2][Sn+]([CH2]CCC)[CH2]CCC.P. The molecule has 0 aliphatic heterocycles. The van der Waals surface area contributed by atoms with Crippen molar-refractivity contribution in [3.05, 3.63) is 0 Å². The minimum absolute atomic E-state index is 0. The molecule has 0 aromatic heterocycles. The fourth-order valence-corrected chi connectivity index (χ4v) is 11.4. The Morgan fingerprint density at radius 1 is 0.625 bits per heavy atom. The predicted octanol–water partition coefficient (Wildman–Crippen LogP) is 5.87. The third-order valence-corrected chi connectivity index (χ3v) is 12.7. The van der Waals surface area contributed by atoms with Gasteiger partial charge in [0.2, 0.25) is 0 Å². The van der Waals surface area contributed by atoms with Crippen LogP contribution in [0.1, 0.15) is 98.8 Å². The summed E-state index contributed by atoms with van der Waals surface area (Å²) in [7, 11) is 0. The van der Waals surface area contributed by atoms with Gasteiger partial charge in [0, 0.05) is 6.61 Å². The molecule has 0 heterocycles. The van der Waals surface area contributed by atoms with Crippen LogP contribution in [0, 0.1) is 0 Å². The van der Waals surface area contributed by atoms with Crippen LogP contribution in [-0.2, 0) is 0 Å². The molecule has 1 N–H and O–H groups in total. The van der Waals surface area contributed by atoms with Gasteiger partial charge in [-0.2, -0.15) is 9.90 Å². The van der Waals surface area contributed by atoms with Crippen LogP contribution in [-0.4, -0.2) is 38.1 Å². The molecule has 0 aliphatic carbocycles. The molecule has 4 heteroatoms. The summed E-state index contributed by atoms with van der Waals surface area (Å²) in [5.74, 6) is 0. The summed E-state index contributed by atoms with van der Waals surface area (Å²) in [5.41, 5.74) is 0. The van der Waals surface area contributed by atoms with E-state index in [4.69, 9.17) is 5.11 Å². The Bertz CT molecular complexity index is 143. The van der Waals surface area contributed by atoms with Crippen LogP contribution >= 0.6 is 9.90 Å².